The van der Waals surface area contributed by atoms with Crippen LogP contribution in [0.3, 0.4) is 0 Å². The fraction of sp³-hybridized carbons (Fsp3) is 0.455. The van der Waals surface area contributed by atoms with Gasteiger partial charge in [0.25, 0.3) is 0 Å². The van der Waals surface area contributed by atoms with E-state index >= 15 is 0 Å². The zero-order chi connectivity index (χ0) is 11.3. The molecule has 0 aliphatic rings. The molecule has 1 aromatic carbocycles. The van der Waals surface area contributed by atoms with E-state index in [1.54, 1.807) is 7.11 Å². The predicted octanol–water partition coefficient (Wildman–Crippen LogP) is 1.89. The van der Waals surface area contributed by atoms with Gasteiger partial charge < -0.3 is 15.8 Å². The van der Waals surface area contributed by atoms with E-state index in [-0.39, 0.29) is 0 Å². The zero-order valence-electron chi connectivity index (χ0n) is 9.09. The minimum absolute atomic E-state index is 0.314. The van der Waals surface area contributed by atoms with Crippen molar-refractivity contribution in [3.05, 3.63) is 28.2 Å². The van der Waals surface area contributed by atoms with E-state index < -0.39 is 0 Å². The largest absolute Gasteiger partial charge is 0.496 e. The highest BCUT2D eigenvalue weighted by Crippen LogP contribution is 2.22. The summed E-state index contributed by atoms with van der Waals surface area (Å²) in [5, 5.41) is 3.32. The van der Waals surface area contributed by atoms with Gasteiger partial charge in [0.05, 0.1) is 7.11 Å². The van der Waals surface area contributed by atoms with E-state index in [0.717, 1.165) is 22.3 Å². The first kappa shape index (κ1) is 12.5. The number of rotatable bonds is 5. The summed E-state index contributed by atoms with van der Waals surface area (Å²) in [6.07, 6.45) is 0. The molecular weight excluding hydrogens is 256 g/mol. The number of ether oxygens (including phenoxy) is 1. The highest BCUT2D eigenvalue weighted by atomic mass is 79.9. The second kappa shape index (κ2) is 6.10. The molecule has 15 heavy (non-hydrogen) atoms. The molecule has 0 heterocycles. The van der Waals surface area contributed by atoms with E-state index in [9.17, 15) is 0 Å². The summed E-state index contributed by atoms with van der Waals surface area (Å²) in [5.41, 5.74) is 6.67. The molecule has 0 fully saturated rings. The van der Waals surface area contributed by atoms with Crippen LogP contribution in [0, 0.1) is 0 Å². The number of benzene rings is 1. The molecule has 3 nitrogen and oxygen atoms in total. The molecular formula is C11H17BrN2O. The second-order valence-corrected chi connectivity index (χ2v) is 4.39. The molecule has 0 saturated carbocycles. The molecule has 0 bridgehead atoms. The van der Waals surface area contributed by atoms with Crippen molar-refractivity contribution in [2.45, 2.75) is 19.5 Å². The van der Waals surface area contributed by atoms with Crippen molar-refractivity contribution in [3.8, 4) is 5.75 Å². The Morgan fingerprint density at radius 1 is 1.53 bits per heavy atom. The summed E-state index contributed by atoms with van der Waals surface area (Å²) < 4.78 is 6.33. The molecule has 1 aromatic rings. The quantitative estimate of drug-likeness (QED) is 0.861. The number of halogens is 1. The van der Waals surface area contributed by atoms with E-state index in [1.165, 1.54) is 0 Å². The summed E-state index contributed by atoms with van der Waals surface area (Å²) in [6, 6.07) is 6.28. The lowest BCUT2D eigenvalue weighted by molar-refractivity contribution is 0.406. The van der Waals surface area contributed by atoms with Crippen molar-refractivity contribution in [2.24, 2.45) is 5.73 Å². The van der Waals surface area contributed by atoms with Gasteiger partial charge in [-0.3, -0.25) is 0 Å². The van der Waals surface area contributed by atoms with Gasteiger partial charge in [0.15, 0.2) is 0 Å². The van der Waals surface area contributed by atoms with Crippen LogP contribution in [0.5, 0.6) is 5.75 Å². The van der Waals surface area contributed by atoms with Crippen LogP contribution in [0.2, 0.25) is 0 Å². The van der Waals surface area contributed by atoms with Crippen molar-refractivity contribution in [2.75, 3.05) is 13.7 Å². The topological polar surface area (TPSA) is 47.3 Å². The average Bonchev–Trinajstić information content (AvgIpc) is 2.26. The van der Waals surface area contributed by atoms with Crippen molar-refractivity contribution >= 4 is 15.9 Å². The number of hydrogen-bond acceptors (Lipinski definition) is 3. The van der Waals surface area contributed by atoms with Gasteiger partial charge >= 0.3 is 0 Å². The van der Waals surface area contributed by atoms with Crippen LogP contribution in [0.4, 0.5) is 0 Å². The van der Waals surface area contributed by atoms with Crippen LogP contribution in [-0.4, -0.2) is 19.7 Å². The Morgan fingerprint density at radius 3 is 2.87 bits per heavy atom. The molecule has 0 spiro atoms. The van der Waals surface area contributed by atoms with Gasteiger partial charge in [-0.2, -0.15) is 0 Å². The predicted molar refractivity (Wildman–Crippen MR) is 66.1 cm³/mol. The third-order valence-electron chi connectivity index (χ3n) is 2.24. The molecule has 1 rings (SSSR count). The van der Waals surface area contributed by atoms with E-state index in [4.69, 9.17) is 10.5 Å². The van der Waals surface area contributed by atoms with Crippen molar-refractivity contribution in [1.82, 2.24) is 5.32 Å². The summed E-state index contributed by atoms with van der Waals surface area (Å²) in [7, 11) is 1.68. The average molecular weight is 273 g/mol. The Kier molecular flexibility index (Phi) is 5.08. The van der Waals surface area contributed by atoms with Crippen LogP contribution < -0.4 is 15.8 Å². The normalized spacial score (nSPS) is 12.5. The van der Waals surface area contributed by atoms with Crippen LogP contribution >= 0.6 is 15.9 Å². The molecule has 0 unspecified atom stereocenters. The van der Waals surface area contributed by atoms with Gasteiger partial charge in [0.1, 0.15) is 5.75 Å². The minimum atomic E-state index is 0.314. The molecule has 84 valence electrons. The lowest BCUT2D eigenvalue weighted by atomic mass is 10.2. The van der Waals surface area contributed by atoms with E-state index in [2.05, 4.69) is 34.2 Å². The Labute approximate surface area is 99.1 Å². The maximum atomic E-state index is 5.53. The third kappa shape index (κ3) is 3.81. The van der Waals surface area contributed by atoms with Crippen LogP contribution in [-0.2, 0) is 6.54 Å². The molecule has 0 amide bonds. The van der Waals surface area contributed by atoms with Gasteiger partial charge in [0.2, 0.25) is 0 Å². The molecule has 4 heteroatoms. The van der Waals surface area contributed by atoms with E-state index in [0.29, 0.717) is 12.6 Å². The van der Waals surface area contributed by atoms with Crippen molar-refractivity contribution < 1.29 is 4.74 Å². The van der Waals surface area contributed by atoms with Gasteiger partial charge in [-0.05, 0) is 25.1 Å². The molecule has 0 saturated heterocycles. The van der Waals surface area contributed by atoms with Gasteiger partial charge in [-0.25, -0.2) is 0 Å². The molecule has 0 aliphatic heterocycles. The third-order valence-corrected chi connectivity index (χ3v) is 2.73. The monoisotopic (exact) mass is 272 g/mol. The summed E-state index contributed by atoms with van der Waals surface area (Å²) >= 11 is 3.44. The Hall–Kier alpha value is -0.580. The SMILES string of the molecule is COc1ccc(Br)cc1CN[C@@H](C)CN. The van der Waals surface area contributed by atoms with Crippen LogP contribution in [0.1, 0.15) is 12.5 Å². The van der Waals surface area contributed by atoms with Gasteiger partial charge in [-0.1, -0.05) is 15.9 Å². The summed E-state index contributed by atoms with van der Waals surface area (Å²) in [4.78, 5) is 0. The number of hydrogen-bond donors (Lipinski definition) is 2. The fourth-order valence-corrected chi connectivity index (χ4v) is 1.66. The van der Waals surface area contributed by atoms with Gasteiger partial charge in [-0.15, -0.1) is 0 Å². The minimum Gasteiger partial charge on any atom is -0.496 e. The first-order valence-electron chi connectivity index (χ1n) is 4.93. The molecule has 0 aromatic heterocycles. The molecule has 0 aliphatic carbocycles. The number of nitrogens with two attached hydrogens (primary N) is 1. The number of nitrogens with one attached hydrogen (secondary N) is 1. The Morgan fingerprint density at radius 2 is 2.27 bits per heavy atom. The standard InChI is InChI=1S/C11H17BrN2O/c1-8(6-13)14-7-9-5-10(12)3-4-11(9)15-2/h3-5,8,14H,6-7,13H2,1-2H3/t8-/m0/s1. The lowest BCUT2D eigenvalue weighted by Crippen LogP contribution is -2.32. The second-order valence-electron chi connectivity index (χ2n) is 3.47. The molecule has 0 radical (unpaired) electrons. The zero-order valence-corrected chi connectivity index (χ0v) is 10.7. The number of methoxy groups -OCH3 is 1. The fourth-order valence-electron chi connectivity index (χ4n) is 1.25. The van der Waals surface area contributed by atoms with Crippen molar-refractivity contribution in [1.29, 1.82) is 0 Å². The van der Waals surface area contributed by atoms with Crippen LogP contribution in [0.15, 0.2) is 22.7 Å². The molecule has 3 N–H and O–H groups in total. The smallest absolute Gasteiger partial charge is 0.123 e. The first-order chi connectivity index (χ1) is 7.17. The first-order valence-corrected chi connectivity index (χ1v) is 5.72. The summed E-state index contributed by atoms with van der Waals surface area (Å²) in [5.74, 6) is 0.898. The Bertz CT molecular complexity index is 317. The highest BCUT2D eigenvalue weighted by molar-refractivity contribution is 9.10. The maximum Gasteiger partial charge on any atom is 0.123 e. The summed E-state index contributed by atoms with van der Waals surface area (Å²) in [6.45, 7) is 3.46. The lowest BCUT2D eigenvalue weighted by Gasteiger charge is -2.13. The van der Waals surface area contributed by atoms with Gasteiger partial charge in [0, 0.05) is 29.2 Å². The Balaban J connectivity index is 2.69. The van der Waals surface area contributed by atoms with Crippen molar-refractivity contribution in [3.63, 3.8) is 0 Å². The van der Waals surface area contributed by atoms with E-state index in [1.807, 2.05) is 12.1 Å². The van der Waals surface area contributed by atoms with Crippen LogP contribution in [0.25, 0.3) is 0 Å². The molecule has 1 atom stereocenters. The highest BCUT2D eigenvalue weighted by Gasteiger charge is 2.05. The maximum absolute atomic E-state index is 5.53.